The first-order chi connectivity index (χ1) is 15.8. The summed E-state index contributed by atoms with van der Waals surface area (Å²) in [6, 6.07) is -1.02. The molecule has 0 aliphatic heterocycles. The lowest BCUT2D eigenvalue weighted by Crippen LogP contribution is -2.70. The van der Waals surface area contributed by atoms with Crippen molar-refractivity contribution in [3.63, 3.8) is 0 Å². The highest BCUT2D eigenvalue weighted by Gasteiger charge is 2.78. The molecule has 0 aromatic rings. The van der Waals surface area contributed by atoms with E-state index < -0.39 is 75.0 Å². The van der Waals surface area contributed by atoms with Crippen LogP contribution in [0.25, 0.3) is 0 Å². The van der Waals surface area contributed by atoms with Gasteiger partial charge in [0.05, 0.1) is 6.10 Å². The molecule has 0 spiro atoms. The van der Waals surface area contributed by atoms with Gasteiger partial charge in [0, 0.05) is 29.1 Å². The number of rotatable bonds is 4. The largest absolute Gasteiger partial charge is 0.449 e. The number of carbonyl (C=O) groups is 3. The molecule has 4 rings (SSSR count). The third-order valence-corrected chi connectivity index (χ3v) is 9.90. The molecule has 9 heteroatoms. The number of allylic oxidation sites excluding steroid dienone is 4. The zero-order valence-electron chi connectivity index (χ0n) is 19.8. The van der Waals surface area contributed by atoms with Crippen molar-refractivity contribution in [1.29, 1.82) is 0 Å². The molecular weight excluding hydrogens is 469 g/mol. The van der Waals surface area contributed by atoms with Gasteiger partial charge in [0.25, 0.3) is 0 Å². The van der Waals surface area contributed by atoms with E-state index >= 15 is 8.78 Å². The summed E-state index contributed by atoms with van der Waals surface area (Å²) in [4.78, 5) is 37.8. The molecule has 0 aromatic heterocycles. The first-order valence-electron chi connectivity index (χ1n) is 11.7. The van der Waals surface area contributed by atoms with Crippen LogP contribution in [-0.4, -0.2) is 51.5 Å². The van der Waals surface area contributed by atoms with Gasteiger partial charge in [-0.3, -0.25) is 14.4 Å². The monoisotopic (exact) mass is 500 g/mol. The molecule has 0 heterocycles. The fourth-order valence-electron chi connectivity index (χ4n) is 7.63. The molecule has 188 valence electrons. The molecule has 1 N–H and O–H groups in total. The molecule has 4 aliphatic rings. The molecule has 0 aromatic carbocycles. The second-order valence-corrected chi connectivity index (χ2v) is 11.5. The maximum absolute atomic E-state index is 17.2. The van der Waals surface area contributed by atoms with Crippen molar-refractivity contribution in [3.8, 4) is 0 Å². The quantitative estimate of drug-likeness (QED) is 0.576. The van der Waals surface area contributed by atoms with E-state index in [2.05, 4.69) is 0 Å². The summed E-state index contributed by atoms with van der Waals surface area (Å²) in [6.45, 7) is 6.45. The third kappa shape index (κ3) is 3.01. The van der Waals surface area contributed by atoms with Crippen molar-refractivity contribution in [2.45, 2.75) is 76.9 Å². The van der Waals surface area contributed by atoms with Gasteiger partial charge in [-0.25, -0.2) is 13.2 Å². The molecule has 5 nitrogen and oxygen atoms in total. The molecule has 3 saturated carbocycles. The first-order valence-corrected chi connectivity index (χ1v) is 12.7. The van der Waals surface area contributed by atoms with E-state index in [-0.39, 0.29) is 31.3 Å². The molecule has 34 heavy (non-hydrogen) atoms. The van der Waals surface area contributed by atoms with Gasteiger partial charge in [-0.05, 0) is 61.6 Å². The summed E-state index contributed by atoms with van der Waals surface area (Å²) < 4.78 is 51.8. The predicted molar refractivity (Wildman–Crippen MR) is 121 cm³/mol. The Morgan fingerprint density at radius 1 is 1.26 bits per heavy atom. The van der Waals surface area contributed by atoms with Crippen molar-refractivity contribution < 1.29 is 37.4 Å². The summed E-state index contributed by atoms with van der Waals surface area (Å²) >= 11 is 0.396. The number of aliphatic hydroxyl groups is 1. The highest BCUT2D eigenvalue weighted by Crippen LogP contribution is 2.72. The molecule has 3 fully saturated rings. The number of ether oxygens (including phenoxy) is 1. The Kier molecular flexibility index (Phi) is 6.16. The average molecular weight is 501 g/mol. The van der Waals surface area contributed by atoms with E-state index in [1.165, 1.54) is 19.1 Å². The van der Waals surface area contributed by atoms with Crippen molar-refractivity contribution in [2.24, 2.45) is 28.6 Å². The Hall–Kier alpha value is -1.61. The minimum atomic E-state index is -2.30. The smallest absolute Gasteiger partial charge is 0.306 e. The second-order valence-electron chi connectivity index (χ2n) is 10.6. The Balaban J connectivity index is 1.87. The van der Waals surface area contributed by atoms with Crippen molar-refractivity contribution in [3.05, 3.63) is 23.8 Å². The van der Waals surface area contributed by atoms with Gasteiger partial charge < -0.3 is 9.84 Å². The predicted octanol–water partition coefficient (Wildman–Crippen LogP) is 4.43. The van der Waals surface area contributed by atoms with E-state index in [1.807, 2.05) is 0 Å². The number of hydrogen-bond donors (Lipinski definition) is 1. The highest BCUT2D eigenvalue weighted by molar-refractivity contribution is 8.13. The molecule has 4 aliphatic carbocycles. The molecule has 0 bridgehead atoms. The summed E-state index contributed by atoms with van der Waals surface area (Å²) in [7, 11) is 0. The number of ketones is 1. The fraction of sp³-hybridized carbons (Fsp3) is 0.720. The van der Waals surface area contributed by atoms with Crippen LogP contribution in [0.2, 0.25) is 0 Å². The second kappa shape index (κ2) is 8.22. The van der Waals surface area contributed by atoms with Gasteiger partial charge in [0.2, 0.25) is 5.12 Å². The van der Waals surface area contributed by atoms with E-state index in [1.54, 1.807) is 20.8 Å². The minimum Gasteiger partial charge on any atom is -0.449 e. The number of esters is 1. The number of fused-ring (bicyclic) bond motifs is 5. The van der Waals surface area contributed by atoms with Gasteiger partial charge in [0.1, 0.15) is 12.2 Å². The van der Waals surface area contributed by atoms with Crippen LogP contribution in [0.4, 0.5) is 13.2 Å². The number of carbonyl (C=O) groups excluding carboxylic acids is 3. The van der Waals surface area contributed by atoms with Gasteiger partial charge in [-0.1, -0.05) is 26.8 Å². The molecule has 0 amide bonds. The number of alkyl halides is 3. The Labute approximate surface area is 201 Å². The molecule has 0 saturated heterocycles. The van der Waals surface area contributed by atoms with Crippen LogP contribution in [0.5, 0.6) is 0 Å². The van der Waals surface area contributed by atoms with Gasteiger partial charge in [0.15, 0.2) is 17.1 Å². The minimum absolute atomic E-state index is 0.0141. The van der Waals surface area contributed by atoms with Crippen LogP contribution < -0.4 is 0 Å². The third-order valence-electron chi connectivity index (χ3n) is 9.22. The van der Waals surface area contributed by atoms with Gasteiger partial charge >= 0.3 is 5.97 Å². The van der Waals surface area contributed by atoms with Gasteiger partial charge in [-0.2, -0.15) is 0 Å². The van der Waals surface area contributed by atoms with Crippen molar-refractivity contribution in [2.75, 3.05) is 6.01 Å². The normalized spacial score (nSPS) is 47.4. The molecular formula is C25H31F3O5S. The number of halogens is 3. The number of aliphatic hydroxyl groups excluding tert-OH is 1. The van der Waals surface area contributed by atoms with E-state index in [4.69, 9.17) is 4.74 Å². The SMILES string of the molecule is CCC(=O)O[C@]1(C(=O)SCF)[C@H](C)C[C@H]2[C@H]3C[C@H](F)C4=CC(=O)C=C[C@]4(C)[C@@]3(F)[C@@H](O)C[C@@]21C. The van der Waals surface area contributed by atoms with Crippen LogP contribution in [0.15, 0.2) is 23.8 Å². The number of hydrogen-bond acceptors (Lipinski definition) is 6. The lowest BCUT2D eigenvalue weighted by Gasteiger charge is -2.63. The zero-order chi connectivity index (χ0) is 25.3. The molecule has 0 unspecified atom stereocenters. The lowest BCUT2D eigenvalue weighted by atomic mass is 9.44. The maximum Gasteiger partial charge on any atom is 0.306 e. The Bertz CT molecular complexity index is 984. The summed E-state index contributed by atoms with van der Waals surface area (Å²) in [5, 5.41) is 10.7. The van der Waals surface area contributed by atoms with Crippen molar-refractivity contribution in [1.82, 2.24) is 0 Å². The number of thioether (sulfide) groups is 1. The van der Waals surface area contributed by atoms with Crippen LogP contribution in [0, 0.1) is 28.6 Å². The van der Waals surface area contributed by atoms with Crippen LogP contribution >= 0.6 is 11.8 Å². The fourth-order valence-corrected chi connectivity index (χ4v) is 8.42. The van der Waals surface area contributed by atoms with Crippen LogP contribution in [-0.2, 0) is 19.1 Å². The Morgan fingerprint density at radius 3 is 2.56 bits per heavy atom. The zero-order valence-corrected chi connectivity index (χ0v) is 20.6. The summed E-state index contributed by atoms with van der Waals surface area (Å²) in [5.41, 5.74) is -6.84. The van der Waals surface area contributed by atoms with E-state index in [9.17, 15) is 23.9 Å². The van der Waals surface area contributed by atoms with Gasteiger partial charge in [-0.15, -0.1) is 0 Å². The maximum atomic E-state index is 17.2. The first kappa shape index (κ1) is 25.5. The van der Waals surface area contributed by atoms with Crippen molar-refractivity contribution >= 4 is 28.6 Å². The average Bonchev–Trinajstić information content (AvgIpc) is 2.99. The molecule has 9 atom stereocenters. The summed E-state index contributed by atoms with van der Waals surface area (Å²) in [5.74, 6) is -3.30. The standard InChI is InChI=1S/C25H31F3O5S/c1-5-20(31)33-25(21(32)34-12-26)13(2)8-15-16-10-18(27)17-9-14(29)6-7-22(17,3)24(16,28)19(30)11-23(15,25)4/h6-7,9,13,15-16,18-19,30H,5,8,10-12H2,1-4H3/t13-,15+,16-,18+,19+,22+,23+,24+,25+/m1/s1. The topological polar surface area (TPSA) is 80.7 Å². The summed E-state index contributed by atoms with van der Waals surface area (Å²) in [6.07, 6.45) is 0.160. The van der Waals surface area contributed by atoms with Crippen LogP contribution in [0.3, 0.4) is 0 Å². The Morgan fingerprint density at radius 2 is 1.94 bits per heavy atom. The lowest BCUT2D eigenvalue weighted by molar-refractivity contribution is -0.228. The van der Waals surface area contributed by atoms with Crippen LogP contribution in [0.1, 0.15) is 53.4 Å². The van der Waals surface area contributed by atoms with E-state index in [0.29, 0.717) is 11.8 Å². The molecule has 0 radical (unpaired) electrons. The van der Waals surface area contributed by atoms with E-state index in [0.717, 1.165) is 6.08 Å². The highest BCUT2D eigenvalue weighted by atomic mass is 32.2.